The highest BCUT2D eigenvalue weighted by molar-refractivity contribution is 6.27. The van der Waals surface area contributed by atoms with E-state index in [1.54, 1.807) is 7.11 Å². The van der Waals surface area contributed by atoms with Crippen molar-refractivity contribution in [3.63, 3.8) is 0 Å². The maximum atomic E-state index is 12.9. The van der Waals surface area contributed by atoms with E-state index >= 15 is 0 Å². The summed E-state index contributed by atoms with van der Waals surface area (Å²) < 4.78 is 5.15. The van der Waals surface area contributed by atoms with Crippen LogP contribution >= 0.6 is 0 Å². The van der Waals surface area contributed by atoms with Crippen LogP contribution in [0.1, 0.15) is 41.0 Å². The SMILES string of the molecule is CC(C)CCN1C(=O)c2cccc3c(-c4ccccc4)ccc1c23.COCCN1C(=O)c2cccc3c(-c4ccccc4)ccc1c23. The third-order valence-electron chi connectivity index (χ3n) is 9.19. The van der Waals surface area contributed by atoms with Gasteiger partial charge in [0.05, 0.1) is 18.0 Å². The fraction of sp³-hybridized carbons (Fsp3) is 0.190. The minimum atomic E-state index is 0.0628. The van der Waals surface area contributed by atoms with Crippen LogP contribution in [-0.2, 0) is 4.74 Å². The Bertz CT molecular complexity index is 2100. The molecular weight excluding hydrogens is 580 g/mol. The third-order valence-corrected chi connectivity index (χ3v) is 9.19. The van der Waals surface area contributed by atoms with Gasteiger partial charge in [0, 0.05) is 42.1 Å². The van der Waals surface area contributed by atoms with Crippen LogP contribution < -0.4 is 9.80 Å². The van der Waals surface area contributed by atoms with E-state index in [0.717, 1.165) is 62.6 Å². The van der Waals surface area contributed by atoms with Crippen molar-refractivity contribution in [2.24, 2.45) is 5.92 Å². The molecule has 0 spiro atoms. The van der Waals surface area contributed by atoms with Crippen LogP contribution in [0.5, 0.6) is 0 Å². The van der Waals surface area contributed by atoms with E-state index < -0.39 is 0 Å². The number of carbonyl (C=O) groups excluding carboxylic acids is 2. The average molecular weight is 619 g/mol. The Morgan fingerprint density at radius 2 is 1.00 bits per heavy atom. The first-order valence-electron chi connectivity index (χ1n) is 16.3. The summed E-state index contributed by atoms with van der Waals surface area (Å²) in [5.41, 5.74) is 8.37. The molecule has 5 nitrogen and oxygen atoms in total. The molecule has 0 fully saturated rings. The lowest BCUT2D eigenvalue weighted by molar-refractivity contribution is 0.0978. The molecule has 2 aliphatic rings. The number of rotatable bonds is 8. The van der Waals surface area contributed by atoms with Crippen molar-refractivity contribution in [3.8, 4) is 22.3 Å². The van der Waals surface area contributed by atoms with Crippen LogP contribution in [-0.4, -0.2) is 38.6 Å². The number of carbonyl (C=O) groups is 2. The van der Waals surface area contributed by atoms with Crippen LogP contribution in [0, 0.1) is 5.92 Å². The molecule has 0 aromatic heterocycles. The number of ether oxygens (including phenoxy) is 1. The van der Waals surface area contributed by atoms with Crippen molar-refractivity contribution in [3.05, 3.63) is 132 Å². The highest BCUT2D eigenvalue weighted by Crippen LogP contribution is 2.43. The van der Waals surface area contributed by atoms with E-state index in [4.69, 9.17) is 4.74 Å². The second-order valence-electron chi connectivity index (χ2n) is 12.5. The maximum Gasteiger partial charge on any atom is 0.259 e. The highest BCUT2D eigenvalue weighted by atomic mass is 16.5. The Balaban J connectivity index is 0.000000150. The van der Waals surface area contributed by atoms with Crippen LogP contribution in [0.3, 0.4) is 0 Å². The number of methoxy groups -OCH3 is 1. The van der Waals surface area contributed by atoms with Gasteiger partial charge in [0.1, 0.15) is 0 Å². The minimum Gasteiger partial charge on any atom is -0.383 e. The molecule has 0 unspecified atom stereocenters. The lowest BCUT2D eigenvalue weighted by atomic mass is 9.96. The molecule has 2 heterocycles. The van der Waals surface area contributed by atoms with Gasteiger partial charge in [-0.1, -0.05) is 111 Å². The van der Waals surface area contributed by atoms with Crippen molar-refractivity contribution < 1.29 is 14.3 Å². The molecule has 0 radical (unpaired) electrons. The Kier molecular flexibility index (Phi) is 8.32. The highest BCUT2D eigenvalue weighted by Gasteiger charge is 2.31. The molecule has 0 aliphatic carbocycles. The minimum absolute atomic E-state index is 0.0628. The number of nitrogens with zero attached hydrogens (tertiary/aromatic N) is 2. The summed E-state index contributed by atoms with van der Waals surface area (Å²) in [5.74, 6) is 0.787. The van der Waals surface area contributed by atoms with Crippen molar-refractivity contribution in [2.75, 3.05) is 36.6 Å². The standard InChI is InChI=1S/C22H21NO.C20H17NO2/c1-15(2)13-14-23-20-12-11-17(16-7-4-3-5-8-16)18-9-6-10-19(21(18)20)22(23)24;1-23-13-12-21-18-11-10-15(14-6-3-2-4-7-14)16-8-5-9-17(19(16)18)20(21)22/h3-12,15H,13-14H2,1-2H3;2-11H,12-13H2,1H3. The van der Waals surface area contributed by atoms with Crippen LogP contribution in [0.4, 0.5) is 11.4 Å². The number of anilines is 2. The van der Waals surface area contributed by atoms with Crippen molar-refractivity contribution in [2.45, 2.75) is 20.3 Å². The predicted molar refractivity (Wildman–Crippen MR) is 193 cm³/mol. The van der Waals surface area contributed by atoms with Crippen LogP contribution in [0.2, 0.25) is 0 Å². The summed E-state index contributed by atoms with van der Waals surface area (Å²) in [4.78, 5) is 29.3. The topological polar surface area (TPSA) is 49.9 Å². The zero-order valence-corrected chi connectivity index (χ0v) is 27.1. The molecule has 0 saturated carbocycles. The normalized spacial score (nSPS) is 13.2. The fourth-order valence-electron chi connectivity index (χ4n) is 6.84. The Hall–Kier alpha value is -5.26. The zero-order chi connectivity index (χ0) is 32.5. The largest absolute Gasteiger partial charge is 0.383 e. The Labute approximate surface area is 276 Å². The van der Waals surface area contributed by atoms with Gasteiger partial charge >= 0.3 is 0 Å². The van der Waals surface area contributed by atoms with Gasteiger partial charge in [0.15, 0.2) is 0 Å². The molecular formula is C42H38N2O3. The van der Waals surface area contributed by atoms with E-state index in [1.165, 1.54) is 16.7 Å². The van der Waals surface area contributed by atoms with Gasteiger partial charge in [0.2, 0.25) is 0 Å². The second kappa shape index (κ2) is 12.9. The predicted octanol–water partition coefficient (Wildman–Crippen LogP) is 9.63. The van der Waals surface area contributed by atoms with E-state index in [-0.39, 0.29) is 11.8 Å². The monoisotopic (exact) mass is 618 g/mol. The first kappa shape index (κ1) is 30.4. The maximum absolute atomic E-state index is 12.9. The molecule has 234 valence electrons. The number of benzene rings is 6. The van der Waals surface area contributed by atoms with Crippen molar-refractivity contribution in [1.82, 2.24) is 0 Å². The molecule has 6 aromatic carbocycles. The van der Waals surface area contributed by atoms with Crippen molar-refractivity contribution >= 4 is 44.7 Å². The van der Waals surface area contributed by atoms with E-state index in [0.29, 0.717) is 19.1 Å². The Morgan fingerprint density at radius 1 is 0.532 bits per heavy atom. The molecule has 0 saturated heterocycles. The summed E-state index contributed by atoms with van der Waals surface area (Å²) in [6.07, 6.45) is 1.02. The number of hydrogen-bond acceptors (Lipinski definition) is 3. The summed E-state index contributed by atoms with van der Waals surface area (Å²) in [6.45, 7) is 6.28. The van der Waals surface area contributed by atoms with Crippen LogP contribution in [0.25, 0.3) is 43.8 Å². The van der Waals surface area contributed by atoms with Crippen LogP contribution in [0.15, 0.2) is 121 Å². The number of amides is 2. The Morgan fingerprint density at radius 3 is 1.45 bits per heavy atom. The lowest BCUT2D eigenvalue weighted by Crippen LogP contribution is -2.30. The molecule has 2 aliphatic heterocycles. The van der Waals surface area contributed by atoms with Gasteiger partial charge in [-0.05, 0) is 69.6 Å². The molecule has 47 heavy (non-hydrogen) atoms. The average Bonchev–Trinajstić information content (AvgIpc) is 3.55. The number of hydrogen-bond donors (Lipinski definition) is 0. The summed E-state index contributed by atoms with van der Waals surface area (Å²) >= 11 is 0. The van der Waals surface area contributed by atoms with Gasteiger partial charge in [-0.25, -0.2) is 0 Å². The van der Waals surface area contributed by atoms with E-state index in [9.17, 15) is 9.59 Å². The smallest absolute Gasteiger partial charge is 0.259 e. The quantitative estimate of drug-likeness (QED) is 0.171. The molecule has 5 heteroatoms. The molecule has 6 aromatic rings. The molecule has 2 amide bonds. The van der Waals surface area contributed by atoms with Gasteiger partial charge < -0.3 is 14.5 Å². The van der Waals surface area contributed by atoms with Gasteiger partial charge in [0.25, 0.3) is 11.8 Å². The third kappa shape index (κ3) is 5.47. The van der Waals surface area contributed by atoms with E-state index in [2.05, 4.69) is 86.6 Å². The molecule has 0 bridgehead atoms. The molecule has 8 rings (SSSR count). The zero-order valence-electron chi connectivity index (χ0n) is 27.1. The first-order valence-corrected chi connectivity index (χ1v) is 16.3. The summed E-state index contributed by atoms with van der Waals surface area (Å²) in [7, 11) is 1.65. The summed E-state index contributed by atoms with van der Waals surface area (Å²) in [5, 5.41) is 4.44. The van der Waals surface area contributed by atoms with E-state index in [1.807, 2.05) is 58.3 Å². The molecule has 0 atom stereocenters. The van der Waals surface area contributed by atoms with Gasteiger partial charge in [-0.2, -0.15) is 0 Å². The summed E-state index contributed by atoms with van der Waals surface area (Å²) in [6, 6.07) is 41.1. The molecule has 0 N–H and O–H groups in total. The second-order valence-corrected chi connectivity index (χ2v) is 12.5. The fourth-order valence-corrected chi connectivity index (χ4v) is 6.84. The first-order chi connectivity index (χ1) is 23.0. The lowest BCUT2D eigenvalue weighted by Gasteiger charge is -2.19. The van der Waals surface area contributed by atoms with Gasteiger partial charge in [-0.15, -0.1) is 0 Å². The van der Waals surface area contributed by atoms with Gasteiger partial charge in [-0.3, -0.25) is 9.59 Å². The van der Waals surface area contributed by atoms with Crippen molar-refractivity contribution in [1.29, 1.82) is 0 Å².